The van der Waals surface area contributed by atoms with E-state index < -0.39 is 22.9 Å². The van der Waals surface area contributed by atoms with Crippen LogP contribution in [0.3, 0.4) is 0 Å². The van der Waals surface area contributed by atoms with Gasteiger partial charge in [-0.25, -0.2) is 4.98 Å². The number of hydrogen-bond acceptors (Lipinski definition) is 6. The van der Waals surface area contributed by atoms with Gasteiger partial charge in [-0.15, -0.1) is 13.2 Å². The predicted molar refractivity (Wildman–Crippen MR) is 90.2 cm³/mol. The Morgan fingerprint density at radius 1 is 1.15 bits per heavy atom. The standard InChI is InChI=1S/C16H14F3N3O4S/c1-24-13-5-9(20-7-14(13)25-2)8-27(23)15-21-11-4-3-10(6-12(11)22-15)26-16(17,18)19/h3-7H,8H2,1-2H3,(H,21,22). The molecule has 7 nitrogen and oxygen atoms in total. The summed E-state index contributed by atoms with van der Waals surface area (Å²) in [5, 5.41) is 0.116. The van der Waals surface area contributed by atoms with Crippen LogP contribution in [0.15, 0.2) is 35.6 Å². The van der Waals surface area contributed by atoms with Gasteiger partial charge in [-0.05, 0) is 12.1 Å². The number of nitrogens with one attached hydrogen (secondary N) is 1. The highest BCUT2D eigenvalue weighted by atomic mass is 32.2. The van der Waals surface area contributed by atoms with E-state index in [4.69, 9.17) is 9.47 Å². The molecule has 11 heteroatoms. The van der Waals surface area contributed by atoms with Crippen molar-refractivity contribution in [1.82, 2.24) is 15.0 Å². The maximum atomic E-state index is 12.5. The highest BCUT2D eigenvalue weighted by Gasteiger charge is 2.31. The van der Waals surface area contributed by atoms with Crippen LogP contribution < -0.4 is 14.2 Å². The maximum absolute atomic E-state index is 12.5. The molecule has 0 fully saturated rings. The molecule has 0 spiro atoms. The summed E-state index contributed by atoms with van der Waals surface area (Å²) in [6, 6.07) is 5.22. The monoisotopic (exact) mass is 401 g/mol. The van der Waals surface area contributed by atoms with Crippen LogP contribution in [0.25, 0.3) is 11.0 Å². The number of benzene rings is 1. The van der Waals surface area contributed by atoms with Crippen LogP contribution in [0.1, 0.15) is 5.69 Å². The van der Waals surface area contributed by atoms with Crippen molar-refractivity contribution >= 4 is 21.8 Å². The van der Waals surface area contributed by atoms with Crippen molar-refractivity contribution in [3.8, 4) is 17.2 Å². The lowest BCUT2D eigenvalue weighted by Gasteiger charge is -2.08. The van der Waals surface area contributed by atoms with E-state index in [0.717, 1.165) is 12.1 Å². The number of ether oxygens (including phenoxy) is 3. The van der Waals surface area contributed by atoms with E-state index in [2.05, 4.69) is 19.7 Å². The smallest absolute Gasteiger partial charge is 0.493 e. The van der Waals surface area contributed by atoms with E-state index in [1.165, 1.54) is 26.5 Å². The number of H-pyrrole nitrogens is 1. The molecule has 0 bridgehead atoms. The zero-order valence-electron chi connectivity index (χ0n) is 14.2. The first kappa shape index (κ1) is 19.0. The summed E-state index contributed by atoms with van der Waals surface area (Å²) in [5.74, 6) is 0.523. The summed E-state index contributed by atoms with van der Waals surface area (Å²) in [6.07, 6.45) is -3.34. The van der Waals surface area contributed by atoms with Gasteiger partial charge in [0, 0.05) is 12.1 Å². The molecule has 0 aliphatic rings. The Hall–Kier alpha value is -2.82. The Balaban J connectivity index is 1.81. The molecule has 0 aliphatic carbocycles. The van der Waals surface area contributed by atoms with Crippen molar-refractivity contribution in [2.75, 3.05) is 14.2 Å². The minimum absolute atomic E-state index is 0.0338. The highest BCUT2D eigenvalue weighted by Crippen LogP contribution is 2.28. The normalized spacial score (nSPS) is 12.8. The van der Waals surface area contributed by atoms with E-state index in [1.807, 2.05) is 0 Å². The molecule has 0 saturated carbocycles. The molecule has 144 valence electrons. The van der Waals surface area contributed by atoms with Gasteiger partial charge in [0.15, 0.2) is 16.7 Å². The molecule has 0 amide bonds. The summed E-state index contributed by atoms with van der Waals surface area (Å²) in [5.41, 5.74) is 1.13. The lowest BCUT2D eigenvalue weighted by molar-refractivity contribution is -0.274. The molecule has 1 unspecified atom stereocenters. The topological polar surface area (TPSA) is 86.3 Å². The van der Waals surface area contributed by atoms with Gasteiger partial charge in [0.2, 0.25) is 0 Å². The minimum atomic E-state index is -4.79. The summed E-state index contributed by atoms with van der Waals surface area (Å²) >= 11 is 0. The number of aromatic amines is 1. The molecular formula is C16H14F3N3O4S. The van der Waals surface area contributed by atoms with Crippen LogP contribution in [-0.2, 0) is 16.6 Å². The molecule has 2 aromatic heterocycles. The zero-order chi connectivity index (χ0) is 19.6. The van der Waals surface area contributed by atoms with E-state index in [-0.39, 0.29) is 16.4 Å². The number of nitrogens with zero attached hydrogens (tertiary/aromatic N) is 2. The summed E-state index contributed by atoms with van der Waals surface area (Å²) in [4.78, 5) is 11.0. The SMILES string of the molecule is COc1cnc(CS(=O)c2nc3ccc(OC(F)(F)F)cc3[nH]2)cc1OC. The molecule has 1 aromatic carbocycles. The Labute approximate surface area is 153 Å². The van der Waals surface area contributed by atoms with Crippen molar-refractivity contribution < 1.29 is 31.6 Å². The maximum Gasteiger partial charge on any atom is 0.573 e. The third kappa shape index (κ3) is 4.48. The molecule has 3 rings (SSSR count). The summed E-state index contributed by atoms with van der Waals surface area (Å²) < 4.78 is 63.6. The first-order chi connectivity index (χ1) is 12.8. The average molecular weight is 401 g/mol. The third-order valence-corrected chi connectivity index (χ3v) is 4.67. The van der Waals surface area contributed by atoms with Crippen LogP contribution in [0, 0.1) is 0 Å². The van der Waals surface area contributed by atoms with E-state index >= 15 is 0 Å². The number of pyridine rings is 1. The number of aromatic nitrogens is 3. The van der Waals surface area contributed by atoms with Gasteiger partial charge in [0.1, 0.15) is 5.75 Å². The second-order valence-electron chi connectivity index (χ2n) is 5.29. The van der Waals surface area contributed by atoms with Crippen LogP contribution in [0.4, 0.5) is 13.2 Å². The third-order valence-electron chi connectivity index (χ3n) is 3.49. The second kappa shape index (κ2) is 7.43. The van der Waals surface area contributed by atoms with Crippen molar-refractivity contribution in [2.45, 2.75) is 17.3 Å². The molecule has 27 heavy (non-hydrogen) atoms. The van der Waals surface area contributed by atoms with Crippen LogP contribution in [0.5, 0.6) is 17.2 Å². The largest absolute Gasteiger partial charge is 0.573 e. The Morgan fingerprint density at radius 2 is 1.89 bits per heavy atom. The molecule has 3 aromatic rings. The van der Waals surface area contributed by atoms with Crippen LogP contribution in [0.2, 0.25) is 0 Å². The summed E-state index contributed by atoms with van der Waals surface area (Å²) in [7, 11) is 1.35. The van der Waals surface area contributed by atoms with Gasteiger partial charge in [0.25, 0.3) is 0 Å². The van der Waals surface area contributed by atoms with E-state index in [0.29, 0.717) is 22.7 Å². The molecule has 2 heterocycles. The predicted octanol–water partition coefficient (Wildman–Crippen LogP) is 3.18. The fourth-order valence-electron chi connectivity index (χ4n) is 2.33. The number of halogens is 3. The molecule has 0 aliphatic heterocycles. The van der Waals surface area contributed by atoms with Crippen LogP contribution in [-0.4, -0.2) is 39.7 Å². The fraction of sp³-hybridized carbons (Fsp3) is 0.250. The Morgan fingerprint density at radius 3 is 2.56 bits per heavy atom. The number of fused-ring (bicyclic) bond motifs is 1. The van der Waals surface area contributed by atoms with Crippen molar-refractivity contribution in [3.05, 3.63) is 36.2 Å². The minimum Gasteiger partial charge on any atom is -0.493 e. The number of methoxy groups -OCH3 is 2. The van der Waals surface area contributed by atoms with Gasteiger partial charge >= 0.3 is 6.36 Å². The first-order valence-electron chi connectivity index (χ1n) is 7.50. The number of imidazole rings is 1. The molecule has 0 saturated heterocycles. The summed E-state index contributed by atoms with van der Waals surface area (Å²) in [6.45, 7) is 0. The van der Waals surface area contributed by atoms with Gasteiger partial charge in [-0.1, -0.05) is 0 Å². The average Bonchev–Trinajstić information content (AvgIpc) is 3.03. The van der Waals surface area contributed by atoms with Crippen molar-refractivity contribution in [3.63, 3.8) is 0 Å². The van der Waals surface area contributed by atoms with Gasteiger partial charge in [-0.2, -0.15) is 0 Å². The Kier molecular flexibility index (Phi) is 5.22. The first-order valence-corrected chi connectivity index (χ1v) is 8.81. The van der Waals surface area contributed by atoms with Crippen molar-refractivity contribution in [2.24, 2.45) is 0 Å². The fourth-order valence-corrected chi connectivity index (χ4v) is 3.32. The molecule has 1 N–H and O–H groups in total. The number of alkyl halides is 3. The number of hydrogen-bond donors (Lipinski definition) is 1. The van der Waals surface area contributed by atoms with Gasteiger partial charge in [-0.3, -0.25) is 9.19 Å². The Bertz CT molecular complexity index is 991. The van der Waals surface area contributed by atoms with E-state index in [1.54, 1.807) is 6.07 Å². The lowest BCUT2D eigenvalue weighted by atomic mass is 10.3. The molecule has 0 radical (unpaired) electrons. The molecule has 1 atom stereocenters. The zero-order valence-corrected chi connectivity index (χ0v) is 15.0. The molecular weight excluding hydrogens is 387 g/mol. The van der Waals surface area contributed by atoms with E-state index in [9.17, 15) is 17.4 Å². The lowest BCUT2D eigenvalue weighted by Crippen LogP contribution is -2.16. The second-order valence-corrected chi connectivity index (χ2v) is 6.66. The highest BCUT2D eigenvalue weighted by molar-refractivity contribution is 7.84. The van der Waals surface area contributed by atoms with Gasteiger partial charge in [0.05, 0.1) is 53.7 Å². The number of rotatable bonds is 6. The van der Waals surface area contributed by atoms with Crippen molar-refractivity contribution in [1.29, 1.82) is 0 Å². The van der Waals surface area contributed by atoms with Crippen LogP contribution >= 0.6 is 0 Å². The van der Waals surface area contributed by atoms with Gasteiger partial charge < -0.3 is 19.2 Å². The quantitative estimate of drug-likeness (QED) is 0.683.